The number of carbonyl (C=O) groups is 1. The summed E-state index contributed by atoms with van der Waals surface area (Å²) in [4.78, 5) is 14.4. The van der Waals surface area contributed by atoms with Crippen LogP contribution in [0.5, 0.6) is 0 Å². The summed E-state index contributed by atoms with van der Waals surface area (Å²) >= 11 is 0. The number of hydrogen-bond acceptors (Lipinski definition) is 2. The summed E-state index contributed by atoms with van der Waals surface area (Å²) in [6.07, 6.45) is 11.9. The van der Waals surface area contributed by atoms with Crippen molar-refractivity contribution in [2.24, 2.45) is 0 Å². The van der Waals surface area contributed by atoms with Gasteiger partial charge in [-0.3, -0.25) is 9.69 Å². The molecule has 3 heteroatoms. The van der Waals surface area contributed by atoms with Crippen LogP contribution in [0.25, 0.3) is 0 Å². The number of amides is 1. The maximum atomic E-state index is 12.2. The van der Waals surface area contributed by atoms with E-state index >= 15 is 0 Å². The molecule has 1 saturated heterocycles. The first-order valence-corrected chi connectivity index (χ1v) is 7.43. The summed E-state index contributed by atoms with van der Waals surface area (Å²) < 4.78 is 0. The Labute approximate surface area is 111 Å². The number of rotatable bonds is 3. The minimum absolute atomic E-state index is 0.0942. The van der Waals surface area contributed by atoms with Crippen molar-refractivity contribution >= 4 is 5.91 Å². The molecule has 2 aliphatic rings. The third kappa shape index (κ3) is 3.84. The fraction of sp³-hybridized carbons (Fsp3) is 0.800. The number of allylic oxidation sites excluding steroid dienone is 1. The van der Waals surface area contributed by atoms with Gasteiger partial charge in [-0.25, -0.2) is 0 Å². The predicted molar refractivity (Wildman–Crippen MR) is 74.4 cm³/mol. The van der Waals surface area contributed by atoms with Crippen molar-refractivity contribution in [1.29, 1.82) is 0 Å². The van der Waals surface area contributed by atoms with E-state index in [1.807, 2.05) is 0 Å². The topological polar surface area (TPSA) is 32.3 Å². The first-order chi connectivity index (χ1) is 8.77. The van der Waals surface area contributed by atoms with Gasteiger partial charge in [0.05, 0.1) is 6.04 Å². The van der Waals surface area contributed by atoms with Crippen LogP contribution in [-0.4, -0.2) is 37.0 Å². The fourth-order valence-corrected chi connectivity index (χ4v) is 2.97. The van der Waals surface area contributed by atoms with Gasteiger partial charge in [0.1, 0.15) is 0 Å². The second-order valence-electron chi connectivity index (χ2n) is 5.67. The third-order valence-electron chi connectivity index (χ3n) is 4.20. The van der Waals surface area contributed by atoms with Crippen molar-refractivity contribution in [3.05, 3.63) is 11.6 Å². The van der Waals surface area contributed by atoms with Gasteiger partial charge in [0.15, 0.2) is 0 Å². The average Bonchev–Trinajstić information content (AvgIpc) is 2.62. The van der Waals surface area contributed by atoms with E-state index in [-0.39, 0.29) is 11.9 Å². The molecule has 0 aromatic rings. The van der Waals surface area contributed by atoms with Gasteiger partial charge in [0.25, 0.3) is 0 Å². The summed E-state index contributed by atoms with van der Waals surface area (Å²) in [7, 11) is 2.08. The van der Waals surface area contributed by atoms with E-state index in [1.54, 1.807) is 0 Å². The molecule has 18 heavy (non-hydrogen) atoms. The second-order valence-corrected chi connectivity index (χ2v) is 5.67. The van der Waals surface area contributed by atoms with E-state index in [0.717, 1.165) is 19.5 Å². The zero-order chi connectivity index (χ0) is 12.8. The van der Waals surface area contributed by atoms with Crippen LogP contribution >= 0.6 is 0 Å². The van der Waals surface area contributed by atoms with Crippen LogP contribution < -0.4 is 5.32 Å². The van der Waals surface area contributed by atoms with Crippen molar-refractivity contribution in [2.75, 3.05) is 20.1 Å². The summed E-state index contributed by atoms with van der Waals surface area (Å²) in [5.74, 6) is 0.228. The van der Waals surface area contributed by atoms with Gasteiger partial charge in [-0.05, 0) is 52.1 Å². The minimum atomic E-state index is 0.0942. The number of nitrogens with zero attached hydrogens (tertiary/aromatic N) is 1. The molecule has 1 N–H and O–H groups in total. The van der Waals surface area contributed by atoms with Crippen molar-refractivity contribution < 1.29 is 4.79 Å². The minimum Gasteiger partial charge on any atom is -0.351 e. The number of likely N-dealkylation sites (N-methyl/N-ethyl adjacent to an activating group) is 1. The molecule has 1 fully saturated rings. The molecule has 0 bridgehead atoms. The molecule has 0 saturated carbocycles. The van der Waals surface area contributed by atoms with Gasteiger partial charge < -0.3 is 5.32 Å². The highest BCUT2D eigenvalue weighted by Gasteiger charge is 2.24. The van der Waals surface area contributed by atoms with Crippen LogP contribution in [0, 0.1) is 0 Å². The zero-order valence-electron chi connectivity index (χ0n) is 11.6. The highest BCUT2D eigenvalue weighted by atomic mass is 16.2. The van der Waals surface area contributed by atoms with Gasteiger partial charge in [0, 0.05) is 6.54 Å². The lowest BCUT2D eigenvalue weighted by molar-refractivity contribution is -0.125. The Hall–Kier alpha value is -0.830. The number of likely N-dealkylation sites (tertiary alicyclic amines) is 1. The van der Waals surface area contributed by atoms with E-state index in [4.69, 9.17) is 0 Å². The van der Waals surface area contributed by atoms with E-state index < -0.39 is 0 Å². The van der Waals surface area contributed by atoms with Crippen LogP contribution in [0.15, 0.2) is 11.6 Å². The Morgan fingerprint density at radius 2 is 2.22 bits per heavy atom. The molecule has 1 aliphatic heterocycles. The first kappa shape index (κ1) is 13.6. The smallest absolute Gasteiger partial charge is 0.237 e. The Kier molecular flexibility index (Phi) is 5.24. The zero-order valence-corrected chi connectivity index (χ0v) is 11.6. The molecule has 3 nitrogen and oxygen atoms in total. The molecule has 0 aromatic carbocycles. The standard InChI is InChI=1S/C15H26N2O/c1-17-11-7-3-6-10-14(17)15(18)16-12-13-8-4-2-5-9-13/h8,14H,2-7,9-12H2,1H3,(H,16,18)/t14-/m1/s1. The number of nitrogens with one attached hydrogen (secondary N) is 1. The second kappa shape index (κ2) is 6.93. The Bertz CT molecular complexity index is 312. The molecule has 0 radical (unpaired) electrons. The molecule has 0 aromatic heterocycles. The Morgan fingerprint density at radius 3 is 3.00 bits per heavy atom. The van der Waals surface area contributed by atoms with Gasteiger partial charge in [0.2, 0.25) is 5.91 Å². The molecule has 1 atom stereocenters. The van der Waals surface area contributed by atoms with Gasteiger partial charge >= 0.3 is 0 Å². The van der Waals surface area contributed by atoms with Gasteiger partial charge in [-0.2, -0.15) is 0 Å². The number of hydrogen-bond donors (Lipinski definition) is 1. The molecule has 2 rings (SSSR count). The van der Waals surface area contributed by atoms with Gasteiger partial charge in [-0.1, -0.05) is 24.5 Å². The largest absolute Gasteiger partial charge is 0.351 e. The van der Waals surface area contributed by atoms with E-state index in [9.17, 15) is 4.79 Å². The maximum Gasteiger partial charge on any atom is 0.237 e. The highest BCUT2D eigenvalue weighted by Crippen LogP contribution is 2.17. The highest BCUT2D eigenvalue weighted by molar-refractivity contribution is 5.81. The van der Waals surface area contributed by atoms with Crippen molar-refractivity contribution in [2.45, 2.75) is 57.4 Å². The van der Waals surface area contributed by atoms with E-state index in [2.05, 4.69) is 23.3 Å². The summed E-state index contributed by atoms with van der Waals surface area (Å²) in [6, 6.07) is 0.0942. The van der Waals surface area contributed by atoms with E-state index in [0.29, 0.717) is 0 Å². The molecule has 1 aliphatic carbocycles. The summed E-state index contributed by atoms with van der Waals surface area (Å²) in [5, 5.41) is 3.13. The normalized spacial score (nSPS) is 26.3. The van der Waals surface area contributed by atoms with Crippen LogP contribution in [-0.2, 0) is 4.79 Å². The van der Waals surface area contributed by atoms with Crippen LogP contribution in [0.4, 0.5) is 0 Å². The summed E-state index contributed by atoms with van der Waals surface area (Å²) in [5.41, 5.74) is 1.42. The summed E-state index contributed by atoms with van der Waals surface area (Å²) in [6.45, 7) is 1.82. The van der Waals surface area contributed by atoms with Crippen molar-refractivity contribution in [1.82, 2.24) is 10.2 Å². The first-order valence-electron chi connectivity index (χ1n) is 7.43. The lowest BCUT2D eigenvalue weighted by Crippen LogP contribution is -2.45. The molecule has 0 unspecified atom stereocenters. The Balaban J connectivity index is 1.80. The quantitative estimate of drug-likeness (QED) is 0.780. The molecule has 102 valence electrons. The lowest BCUT2D eigenvalue weighted by Gasteiger charge is -2.25. The number of carbonyl (C=O) groups excluding carboxylic acids is 1. The predicted octanol–water partition coefficient (Wildman–Crippen LogP) is 2.48. The third-order valence-corrected chi connectivity index (χ3v) is 4.20. The van der Waals surface area contributed by atoms with Crippen molar-refractivity contribution in [3.8, 4) is 0 Å². The monoisotopic (exact) mass is 250 g/mol. The molecule has 0 spiro atoms. The van der Waals surface area contributed by atoms with Crippen LogP contribution in [0.2, 0.25) is 0 Å². The molecular weight excluding hydrogens is 224 g/mol. The fourth-order valence-electron chi connectivity index (χ4n) is 2.97. The van der Waals surface area contributed by atoms with Crippen LogP contribution in [0.1, 0.15) is 51.4 Å². The maximum absolute atomic E-state index is 12.2. The molecule has 1 amide bonds. The molecule has 1 heterocycles. The van der Waals surface area contributed by atoms with E-state index in [1.165, 1.54) is 50.5 Å². The SMILES string of the molecule is CN1CCCCC[C@@H]1C(=O)NCC1=CCCCC1. The van der Waals surface area contributed by atoms with Crippen LogP contribution in [0.3, 0.4) is 0 Å². The lowest BCUT2D eigenvalue weighted by atomic mass is 9.99. The van der Waals surface area contributed by atoms with Crippen molar-refractivity contribution in [3.63, 3.8) is 0 Å². The Morgan fingerprint density at radius 1 is 1.33 bits per heavy atom. The average molecular weight is 250 g/mol. The van der Waals surface area contributed by atoms with Gasteiger partial charge in [-0.15, -0.1) is 0 Å². The molecular formula is C15H26N2O.